The minimum absolute atomic E-state index is 0.00903. The van der Waals surface area contributed by atoms with Crippen LogP contribution >= 0.6 is 11.8 Å². The van der Waals surface area contributed by atoms with Crippen molar-refractivity contribution in [2.45, 2.75) is 6.18 Å². The fourth-order valence-electron chi connectivity index (χ4n) is 2.85. The van der Waals surface area contributed by atoms with Crippen LogP contribution in [0, 0.1) is 5.82 Å². The Morgan fingerprint density at radius 3 is 2.34 bits per heavy atom. The molecule has 1 fully saturated rings. The van der Waals surface area contributed by atoms with Crippen molar-refractivity contribution in [2.24, 2.45) is 0 Å². The number of carbonyl (C=O) groups excluding carboxylic acids is 3. The van der Waals surface area contributed by atoms with Gasteiger partial charge in [0.2, 0.25) is 5.91 Å². The largest absolute Gasteiger partial charge is 0.417 e. The van der Waals surface area contributed by atoms with E-state index in [0.717, 1.165) is 4.90 Å². The second kappa shape index (κ2) is 9.82. The van der Waals surface area contributed by atoms with Gasteiger partial charge in [0.25, 0.3) is 11.1 Å². The number of allylic oxidation sites excluding steroid dienone is 1. The first-order chi connectivity index (χ1) is 15.2. The lowest BCUT2D eigenvalue weighted by atomic mass is 10.1. The van der Waals surface area contributed by atoms with Crippen LogP contribution in [-0.2, 0) is 9.59 Å². The summed E-state index contributed by atoms with van der Waals surface area (Å²) >= 11 is 0.614. The van der Waals surface area contributed by atoms with E-state index in [2.05, 4.69) is 5.32 Å². The predicted molar refractivity (Wildman–Crippen MR) is 113 cm³/mol. The molecule has 1 aliphatic heterocycles. The third-order valence-corrected chi connectivity index (χ3v) is 5.27. The van der Waals surface area contributed by atoms with Gasteiger partial charge in [0.05, 0.1) is 10.5 Å². The molecule has 166 valence electrons. The zero-order chi connectivity index (χ0) is 23.3. The van der Waals surface area contributed by atoms with Crippen LogP contribution in [0.1, 0.15) is 11.1 Å². The van der Waals surface area contributed by atoms with E-state index in [1.807, 2.05) is 0 Å². The van der Waals surface area contributed by atoms with Crippen LogP contribution in [-0.4, -0.2) is 41.2 Å². The number of halogens is 4. The van der Waals surface area contributed by atoms with E-state index in [4.69, 9.17) is 0 Å². The molecule has 2 aromatic rings. The second-order valence-corrected chi connectivity index (χ2v) is 7.56. The number of nitrogens with one attached hydrogen (secondary N) is 1. The van der Waals surface area contributed by atoms with Crippen LogP contribution in [0.4, 0.5) is 22.4 Å². The SMILES string of the molecule is O=C(/C=C(/c1ccccc1)C(F)(F)F)NCCN1C(=O)S/C(=C\c2ccccc2F)C1=O. The van der Waals surface area contributed by atoms with E-state index >= 15 is 0 Å². The second-order valence-electron chi connectivity index (χ2n) is 6.57. The maximum atomic E-state index is 13.8. The molecule has 0 aromatic heterocycles. The fraction of sp³-hybridized carbons (Fsp3) is 0.136. The monoisotopic (exact) mass is 464 g/mol. The molecule has 5 nitrogen and oxygen atoms in total. The van der Waals surface area contributed by atoms with Crippen molar-refractivity contribution in [3.8, 4) is 0 Å². The highest BCUT2D eigenvalue weighted by molar-refractivity contribution is 8.18. The maximum absolute atomic E-state index is 13.8. The Kier molecular flexibility index (Phi) is 7.14. The van der Waals surface area contributed by atoms with E-state index in [1.54, 1.807) is 12.1 Å². The number of benzene rings is 2. The summed E-state index contributed by atoms with van der Waals surface area (Å²) in [4.78, 5) is 37.4. The van der Waals surface area contributed by atoms with Crippen molar-refractivity contribution in [3.63, 3.8) is 0 Å². The molecule has 1 saturated heterocycles. The standard InChI is InChI=1S/C22H16F4N2O3S/c23-17-9-5-4-8-15(17)12-18-20(30)28(21(31)32-18)11-10-27-19(29)13-16(22(24,25)26)14-6-2-1-3-7-14/h1-9,12-13H,10-11H2,(H,27,29)/b16-13-,18-12-. The molecule has 0 saturated carbocycles. The number of imide groups is 1. The normalized spacial score (nSPS) is 16.1. The van der Waals surface area contributed by atoms with Gasteiger partial charge >= 0.3 is 6.18 Å². The summed E-state index contributed by atoms with van der Waals surface area (Å²) in [5.41, 5.74) is -1.15. The Hall–Kier alpha value is -3.40. The van der Waals surface area contributed by atoms with Crippen LogP contribution in [0.2, 0.25) is 0 Å². The van der Waals surface area contributed by atoms with Crippen molar-refractivity contribution in [1.29, 1.82) is 0 Å². The number of nitrogens with zero attached hydrogens (tertiary/aromatic N) is 1. The van der Waals surface area contributed by atoms with Gasteiger partial charge in [0, 0.05) is 24.7 Å². The van der Waals surface area contributed by atoms with Gasteiger partial charge in [-0.05, 0) is 29.5 Å². The van der Waals surface area contributed by atoms with Crippen molar-refractivity contribution in [2.75, 3.05) is 13.1 Å². The molecular formula is C22H16F4N2O3S. The topological polar surface area (TPSA) is 66.5 Å². The number of thioether (sulfide) groups is 1. The molecule has 3 rings (SSSR count). The average Bonchev–Trinajstić information content (AvgIpc) is 3.01. The zero-order valence-electron chi connectivity index (χ0n) is 16.4. The van der Waals surface area contributed by atoms with Crippen LogP contribution < -0.4 is 5.32 Å². The van der Waals surface area contributed by atoms with E-state index in [9.17, 15) is 31.9 Å². The molecule has 2 aromatic carbocycles. The lowest BCUT2D eigenvalue weighted by Gasteiger charge is -2.14. The number of carbonyl (C=O) groups is 3. The first-order valence-corrected chi connectivity index (χ1v) is 10.1. The molecule has 0 unspecified atom stereocenters. The lowest BCUT2D eigenvalue weighted by molar-refractivity contribution is -0.123. The molecule has 1 N–H and O–H groups in total. The van der Waals surface area contributed by atoms with Crippen molar-refractivity contribution in [3.05, 3.63) is 82.5 Å². The Morgan fingerprint density at radius 1 is 1.03 bits per heavy atom. The third-order valence-electron chi connectivity index (χ3n) is 4.37. The summed E-state index contributed by atoms with van der Waals surface area (Å²) in [6.07, 6.45) is -3.07. The molecule has 0 spiro atoms. The lowest BCUT2D eigenvalue weighted by Crippen LogP contribution is -2.37. The number of hydrogen-bond donors (Lipinski definition) is 1. The predicted octanol–water partition coefficient (Wildman–Crippen LogP) is 4.62. The zero-order valence-corrected chi connectivity index (χ0v) is 17.2. The van der Waals surface area contributed by atoms with E-state index in [-0.39, 0.29) is 29.1 Å². The first-order valence-electron chi connectivity index (χ1n) is 9.29. The van der Waals surface area contributed by atoms with Gasteiger partial charge in [0.1, 0.15) is 5.82 Å². The van der Waals surface area contributed by atoms with E-state index in [1.165, 1.54) is 48.5 Å². The molecule has 1 heterocycles. The minimum atomic E-state index is -4.75. The highest BCUT2D eigenvalue weighted by atomic mass is 32.2. The van der Waals surface area contributed by atoms with Crippen LogP contribution in [0.15, 0.2) is 65.6 Å². The molecule has 10 heteroatoms. The van der Waals surface area contributed by atoms with Gasteiger partial charge < -0.3 is 5.32 Å². The molecule has 0 aliphatic carbocycles. The summed E-state index contributed by atoms with van der Waals surface area (Å²) in [6, 6.07) is 12.6. The van der Waals surface area contributed by atoms with Crippen molar-refractivity contribution in [1.82, 2.24) is 10.2 Å². The molecular weight excluding hydrogens is 448 g/mol. The summed E-state index contributed by atoms with van der Waals surface area (Å²) in [5, 5.41) is 1.62. The fourth-order valence-corrected chi connectivity index (χ4v) is 3.70. The van der Waals surface area contributed by atoms with Gasteiger partial charge in [-0.25, -0.2) is 4.39 Å². The molecule has 0 radical (unpaired) electrons. The molecule has 0 atom stereocenters. The quantitative estimate of drug-likeness (QED) is 0.500. The summed E-state index contributed by atoms with van der Waals surface area (Å²) in [7, 11) is 0. The van der Waals surface area contributed by atoms with Gasteiger partial charge in [0.15, 0.2) is 0 Å². The van der Waals surface area contributed by atoms with E-state index < -0.39 is 34.6 Å². The molecule has 1 aliphatic rings. The van der Waals surface area contributed by atoms with Crippen LogP contribution in [0.5, 0.6) is 0 Å². The molecule has 3 amide bonds. The number of hydrogen-bond acceptors (Lipinski definition) is 4. The minimum Gasteiger partial charge on any atom is -0.351 e. The Labute approximate surface area is 184 Å². The summed E-state index contributed by atoms with van der Waals surface area (Å²) in [5.74, 6) is -2.25. The summed E-state index contributed by atoms with van der Waals surface area (Å²) < 4.78 is 53.7. The highest BCUT2D eigenvalue weighted by Gasteiger charge is 2.36. The smallest absolute Gasteiger partial charge is 0.351 e. The third kappa shape index (κ3) is 5.64. The Balaban J connectivity index is 1.64. The Morgan fingerprint density at radius 2 is 1.69 bits per heavy atom. The van der Waals surface area contributed by atoms with Gasteiger partial charge in [-0.3, -0.25) is 19.3 Å². The highest BCUT2D eigenvalue weighted by Crippen LogP contribution is 2.34. The Bertz CT molecular complexity index is 1100. The van der Waals surface area contributed by atoms with Crippen LogP contribution in [0.25, 0.3) is 11.6 Å². The van der Waals surface area contributed by atoms with Crippen molar-refractivity contribution < 1.29 is 31.9 Å². The van der Waals surface area contributed by atoms with Crippen LogP contribution in [0.3, 0.4) is 0 Å². The molecule has 32 heavy (non-hydrogen) atoms. The van der Waals surface area contributed by atoms with E-state index in [0.29, 0.717) is 17.8 Å². The first kappa shape index (κ1) is 23.3. The number of amides is 3. The van der Waals surface area contributed by atoms with Crippen molar-refractivity contribution >= 4 is 40.5 Å². The van der Waals surface area contributed by atoms with Gasteiger partial charge in [-0.2, -0.15) is 13.2 Å². The summed E-state index contributed by atoms with van der Waals surface area (Å²) in [6.45, 7) is -0.494. The van der Waals surface area contributed by atoms with Gasteiger partial charge in [-0.15, -0.1) is 0 Å². The maximum Gasteiger partial charge on any atom is 0.417 e. The van der Waals surface area contributed by atoms with Gasteiger partial charge in [-0.1, -0.05) is 48.5 Å². The molecule has 0 bridgehead atoms. The number of alkyl halides is 3. The number of rotatable bonds is 6. The average molecular weight is 464 g/mol.